The van der Waals surface area contributed by atoms with Crippen LogP contribution < -0.4 is 4.74 Å². The number of hydrogen-bond donors (Lipinski definition) is 1. The summed E-state index contributed by atoms with van der Waals surface area (Å²) in [6, 6.07) is 7.39. The minimum absolute atomic E-state index is 0.153. The van der Waals surface area contributed by atoms with Crippen LogP contribution in [0.4, 0.5) is 4.39 Å². The number of aromatic carboxylic acids is 1. The van der Waals surface area contributed by atoms with Gasteiger partial charge in [0, 0.05) is 11.6 Å². The van der Waals surface area contributed by atoms with Crippen LogP contribution in [0, 0.1) is 5.82 Å². The molecule has 5 heteroatoms. The van der Waals surface area contributed by atoms with E-state index in [1.54, 1.807) is 12.1 Å². The summed E-state index contributed by atoms with van der Waals surface area (Å²) in [6.45, 7) is 0. The number of aromatic nitrogens is 1. The molecule has 0 saturated carbocycles. The number of halogens is 1. The Kier molecular flexibility index (Phi) is 3.23. The van der Waals surface area contributed by atoms with E-state index >= 15 is 0 Å². The number of ether oxygens (including phenoxy) is 1. The fourth-order valence-corrected chi connectivity index (χ4v) is 1.54. The van der Waals surface area contributed by atoms with E-state index in [2.05, 4.69) is 4.98 Å². The first-order valence-electron chi connectivity index (χ1n) is 5.15. The third kappa shape index (κ3) is 2.29. The Balaban J connectivity index is 2.44. The number of pyridine rings is 1. The van der Waals surface area contributed by atoms with Gasteiger partial charge in [-0.3, -0.25) is 0 Å². The molecular formula is C13H10FNO3. The van der Waals surface area contributed by atoms with Crippen molar-refractivity contribution in [3.8, 4) is 17.0 Å². The maximum absolute atomic E-state index is 13.6. The summed E-state index contributed by atoms with van der Waals surface area (Å²) in [5.41, 5.74) is 1.04. The molecule has 0 unspecified atom stereocenters. The quantitative estimate of drug-likeness (QED) is 0.905. The molecule has 0 atom stereocenters. The van der Waals surface area contributed by atoms with Gasteiger partial charge in [0.2, 0.25) is 5.88 Å². The lowest BCUT2D eigenvalue weighted by Crippen LogP contribution is -1.96. The maximum Gasteiger partial charge on any atom is 0.335 e. The number of carboxylic acids is 1. The summed E-state index contributed by atoms with van der Waals surface area (Å²) >= 11 is 0. The van der Waals surface area contributed by atoms with Crippen LogP contribution in [0.5, 0.6) is 5.88 Å². The Bertz CT molecular complexity index is 581. The molecule has 1 aromatic carbocycles. The van der Waals surface area contributed by atoms with Crippen molar-refractivity contribution < 1.29 is 19.0 Å². The van der Waals surface area contributed by atoms with E-state index in [-0.39, 0.29) is 5.56 Å². The SMILES string of the molecule is COc1cc(-c2ccc(C(=O)O)cc2)c(F)cn1. The molecule has 92 valence electrons. The van der Waals surface area contributed by atoms with E-state index in [0.29, 0.717) is 17.0 Å². The second-order valence-electron chi connectivity index (χ2n) is 3.59. The third-order valence-electron chi connectivity index (χ3n) is 2.48. The van der Waals surface area contributed by atoms with Crippen LogP contribution in [0.15, 0.2) is 36.5 Å². The molecule has 0 fully saturated rings. The smallest absolute Gasteiger partial charge is 0.335 e. The molecule has 0 aliphatic carbocycles. The molecule has 0 spiro atoms. The van der Waals surface area contributed by atoms with Crippen LogP contribution in [-0.2, 0) is 0 Å². The largest absolute Gasteiger partial charge is 0.481 e. The topological polar surface area (TPSA) is 59.4 Å². The fourth-order valence-electron chi connectivity index (χ4n) is 1.54. The Morgan fingerprint density at radius 1 is 1.33 bits per heavy atom. The first kappa shape index (κ1) is 12.0. The number of hydrogen-bond acceptors (Lipinski definition) is 3. The summed E-state index contributed by atoms with van der Waals surface area (Å²) < 4.78 is 18.5. The van der Waals surface area contributed by atoms with Crippen LogP contribution in [0.3, 0.4) is 0 Å². The first-order chi connectivity index (χ1) is 8.61. The van der Waals surface area contributed by atoms with E-state index in [1.807, 2.05) is 0 Å². The monoisotopic (exact) mass is 247 g/mol. The first-order valence-corrected chi connectivity index (χ1v) is 5.15. The molecule has 1 N–H and O–H groups in total. The summed E-state index contributed by atoms with van der Waals surface area (Å²) in [5, 5.41) is 8.78. The van der Waals surface area contributed by atoms with E-state index in [4.69, 9.17) is 9.84 Å². The van der Waals surface area contributed by atoms with Crippen LogP contribution in [0.25, 0.3) is 11.1 Å². The molecule has 18 heavy (non-hydrogen) atoms. The lowest BCUT2D eigenvalue weighted by Gasteiger charge is -2.06. The number of carbonyl (C=O) groups is 1. The van der Waals surface area contributed by atoms with Crippen molar-refractivity contribution in [1.29, 1.82) is 0 Å². The molecule has 0 aliphatic heterocycles. The molecule has 4 nitrogen and oxygen atoms in total. The lowest BCUT2D eigenvalue weighted by atomic mass is 10.0. The van der Waals surface area contributed by atoms with Gasteiger partial charge in [0.1, 0.15) is 5.82 Å². The van der Waals surface area contributed by atoms with E-state index < -0.39 is 11.8 Å². The van der Waals surface area contributed by atoms with Crippen molar-refractivity contribution in [3.05, 3.63) is 47.9 Å². The molecule has 1 heterocycles. The van der Waals surface area contributed by atoms with E-state index in [0.717, 1.165) is 6.20 Å². The average molecular weight is 247 g/mol. The van der Waals surface area contributed by atoms with Gasteiger partial charge in [-0.1, -0.05) is 12.1 Å². The highest BCUT2D eigenvalue weighted by molar-refractivity contribution is 5.88. The second kappa shape index (κ2) is 4.83. The van der Waals surface area contributed by atoms with Crippen molar-refractivity contribution in [2.45, 2.75) is 0 Å². The normalized spacial score (nSPS) is 10.1. The number of nitrogens with zero attached hydrogens (tertiary/aromatic N) is 1. The molecular weight excluding hydrogens is 237 g/mol. The summed E-state index contributed by atoms with van der Waals surface area (Å²) in [5.74, 6) is -1.21. The third-order valence-corrected chi connectivity index (χ3v) is 2.48. The van der Waals surface area contributed by atoms with Gasteiger partial charge in [-0.25, -0.2) is 14.2 Å². The van der Waals surface area contributed by atoms with Crippen molar-refractivity contribution >= 4 is 5.97 Å². The van der Waals surface area contributed by atoms with Crippen LogP contribution >= 0.6 is 0 Å². The van der Waals surface area contributed by atoms with Gasteiger partial charge in [0.15, 0.2) is 0 Å². The molecule has 0 amide bonds. The minimum Gasteiger partial charge on any atom is -0.481 e. The van der Waals surface area contributed by atoms with E-state index in [9.17, 15) is 9.18 Å². The van der Waals surface area contributed by atoms with Gasteiger partial charge in [-0.2, -0.15) is 0 Å². The van der Waals surface area contributed by atoms with Crippen molar-refractivity contribution in [2.24, 2.45) is 0 Å². The Labute approximate surface area is 103 Å². The Morgan fingerprint density at radius 2 is 2.00 bits per heavy atom. The minimum atomic E-state index is -1.02. The average Bonchev–Trinajstić information content (AvgIpc) is 2.39. The van der Waals surface area contributed by atoms with Crippen LogP contribution in [0.2, 0.25) is 0 Å². The fraction of sp³-hybridized carbons (Fsp3) is 0.0769. The Hall–Kier alpha value is -2.43. The number of methoxy groups -OCH3 is 1. The van der Waals surface area contributed by atoms with Gasteiger partial charge in [0.05, 0.1) is 18.9 Å². The zero-order valence-corrected chi connectivity index (χ0v) is 9.55. The number of rotatable bonds is 3. The van der Waals surface area contributed by atoms with Gasteiger partial charge in [-0.05, 0) is 17.7 Å². The Morgan fingerprint density at radius 3 is 2.56 bits per heavy atom. The predicted molar refractivity (Wildman–Crippen MR) is 63.1 cm³/mol. The van der Waals surface area contributed by atoms with Crippen LogP contribution in [0.1, 0.15) is 10.4 Å². The molecule has 1 aromatic heterocycles. The van der Waals surface area contributed by atoms with Crippen molar-refractivity contribution in [3.63, 3.8) is 0 Å². The van der Waals surface area contributed by atoms with Crippen molar-refractivity contribution in [1.82, 2.24) is 4.98 Å². The van der Waals surface area contributed by atoms with Crippen LogP contribution in [-0.4, -0.2) is 23.2 Å². The molecule has 0 saturated heterocycles. The predicted octanol–water partition coefficient (Wildman–Crippen LogP) is 2.59. The standard InChI is InChI=1S/C13H10FNO3/c1-18-12-6-10(11(14)7-15-12)8-2-4-9(5-3-8)13(16)17/h2-7H,1H3,(H,16,17). The second-order valence-corrected chi connectivity index (χ2v) is 3.59. The highest BCUT2D eigenvalue weighted by Crippen LogP contribution is 2.25. The van der Waals surface area contributed by atoms with Gasteiger partial charge in [0.25, 0.3) is 0 Å². The summed E-state index contributed by atoms with van der Waals surface area (Å²) in [4.78, 5) is 14.4. The maximum atomic E-state index is 13.6. The molecule has 0 aliphatic rings. The van der Waals surface area contributed by atoms with Gasteiger partial charge >= 0.3 is 5.97 Å². The van der Waals surface area contributed by atoms with Crippen molar-refractivity contribution in [2.75, 3.05) is 7.11 Å². The number of carboxylic acid groups (broad SMARTS) is 1. The zero-order valence-electron chi connectivity index (χ0n) is 9.55. The van der Waals surface area contributed by atoms with Gasteiger partial charge < -0.3 is 9.84 Å². The summed E-state index contributed by atoms with van der Waals surface area (Å²) in [7, 11) is 1.44. The highest BCUT2D eigenvalue weighted by Gasteiger charge is 2.09. The highest BCUT2D eigenvalue weighted by atomic mass is 19.1. The lowest BCUT2D eigenvalue weighted by molar-refractivity contribution is 0.0697. The van der Waals surface area contributed by atoms with E-state index in [1.165, 1.54) is 25.3 Å². The molecule has 0 radical (unpaired) electrons. The summed E-state index contributed by atoms with van der Waals surface area (Å²) in [6.07, 6.45) is 1.07. The molecule has 2 rings (SSSR count). The van der Waals surface area contributed by atoms with Gasteiger partial charge in [-0.15, -0.1) is 0 Å². The molecule has 0 bridgehead atoms. The molecule has 2 aromatic rings. The number of benzene rings is 1. The zero-order chi connectivity index (χ0) is 13.1.